The molecule has 0 atom stereocenters. The van der Waals surface area contributed by atoms with Crippen LogP contribution in [0.15, 0.2) is 6.07 Å². The lowest BCUT2D eigenvalue weighted by Crippen LogP contribution is -2.13. The zero-order valence-corrected chi connectivity index (χ0v) is 9.46. The smallest absolute Gasteiger partial charge is 0.337 e. The number of hydrogen-bond acceptors (Lipinski definition) is 3. The SMILES string of the molecule is Cc1cc(NC(C)C)nc(C)c1C(=O)O. The average molecular weight is 208 g/mol. The summed E-state index contributed by atoms with van der Waals surface area (Å²) in [5, 5.41) is 12.1. The molecule has 1 rings (SSSR count). The van der Waals surface area contributed by atoms with Crippen LogP contribution in [0.1, 0.15) is 35.5 Å². The van der Waals surface area contributed by atoms with Crippen LogP contribution in [-0.2, 0) is 0 Å². The number of aromatic carboxylic acids is 1. The molecule has 4 nitrogen and oxygen atoms in total. The summed E-state index contributed by atoms with van der Waals surface area (Å²) < 4.78 is 0. The summed E-state index contributed by atoms with van der Waals surface area (Å²) in [4.78, 5) is 15.1. The van der Waals surface area contributed by atoms with E-state index < -0.39 is 5.97 Å². The fraction of sp³-hybridized carbons (Fsp3) is 0.455. The van der Waals surface area contributed by atoms with Crippen molar-refractivity contribution in [3.8, 4) is 0 Å². The van der Waals surface area contributed by atoms with E-state index in [1.165, 1.54) is 0 Å². The number of aryl methyl sites for hydroxylation is 2. The Morgan fingerprint density at radius 2 is 2.07 bits per heavy atom. The lowest BCUT2D eigenvalue weighted by Gasteiger charge is -2.12. The van der Waals surface area contributed by atoms with Gasteiger partial charge >= 0.3 is 5.97 Å². The molecule has 1 heterocycles. The lowest BCUT2D eigenvalue weighted by molar-refractivity contribution is 0.0695. The van der Waals surface area contributed by atoms with Gasteiger partial charge in [-0.3, -0.25) is 0 Å². The molecule has 82 valence electrons. The van der Waals surface area contributed by atoms with Gasteiger partial charge in [0.2, 0.25) is 0 Å². The number of anilines is 1. The summed E-state index contributed by atoms with van der Waals surface area (Å²) in [6.45, 7) is 7.51. The van der Waals surface area contributed by atoms with E-state index in [0.29, 0.717) is 11.3 Å². The first-order valence-electron chi connectivity index (χ1n) is 4.90. The lowest BCUT2D eigenvalue weighted by atomic mass is 10.1. The third-order valence-electron chi connectivity index (χ3n) is 2.05. The van der Waals surface area contributed by atoms with Gasteiger partial charge in [-0.1, -0.05) is 0 Å². The van der Waals surface area contributed by atoms with Crippen molar-refractivity contribution < 1.29 is 9.90 Å². The van der Waals surface area contributed by atoms with Gasteiger partial charge in [0.05, 0.1) is 11.3 Å². The first-order valence-corrected chi connectivity index (χ1v) is 4.90. The average Bonchev–Trinajstić information content (AvgIpc) is 1.99. The minimum atomic E-state index is -0.923. The molecule has 0 fully saturated rings. The van der Waals surface area contributed by atoms with Gasteiger partial charge in [0, 0.05) is 6.04 Å². The van der Waals surface area contributed by atoms with Gasteiger partial charge in [-0.2, -0.15) is 0 Å². The van der Waals surface area contributed by atoms with Crippen molar-refractivity contribution in [1.82, 2.24) is 4.98 Å². The van der Waals surface area contributed by atoms with Crippen molar-refractivity contribution in [2.45, 2.75) is 33.7 Å². The van der Waals surface area contributed by atoms with Crippen LogP contribution in [-0.4, -0.2) is 22.1 Å². The molecule has 0 unspecified atom stereocenters. The van der Waals surface area contributed by atoms with E-state index in [9.17, 15) is 4.79 Å². The fourth-order valence-electron chi connectivity index (χ4n) is 1.52. The second kappa shape index (κ2) is 4.29. The highest BCUT2D eigenvalue weighted by molar-refractivity contribution is 5.90. The predicted octanol–water partition coefficient (Wildman–Crippen LogP) is 2.22. The zero-order valence-electron chi connectivity index (χ0n) is 9.46. The molecule has 0 radical (unpaired) electrons. The molecule has 0 bridgehead atoms. The number of nitrogens with one attached hydrogen (secondary N) is 1. The van der Waals surface area contributed by atoms with Gasteiger partial charge in [0.15, 0.2) is 0 Å². The molecule has 0 saturated heterocycles. The number of pyridine rings is 1. The minimum absolute atomic E-state index is 0.284. The number of carboxylic acids is 1. The van der Waals surface area contributed by atoms with Crippen LogP contribution >= 0.6 is 0 Å². The molecule has 2 N–H and O–H groups in total. The van der Waals surface area contributed by atoms with Crippen LogP contribution in [0.5, 0.6) is 0 Å². The zero-order chi connectivity index (χ0) is 11.6. The maximum Gasteiger partial charge on any atom is 0.337 e. The highest BCUT2D eigenvalue weighted by atomic mass is 16.4. The van der Waals surface area contributed by atoms with E-state index in [0.717, 1.165) is 11.4 Å². The number of rotatable bonds is 3. The quantitative estimate of drug-likeness (QED) is 0.799. The van der Waals surface area contributed by atoms with E-state index >= 15 is 0 Å². The van der Waals surface area contributed by atoms with Gasteiger partial charge in [0.25, 0.3) is 0 Å². The van der Waals surface area contributed by atoms with Gasteiger partial charge in [-0.05, 0) is 39.3 Å². The third kappa shape index (κ3) is 2.68. The maximum absolute atomic E-state index is 10.9. The predicted molar refractivity (Wildman–Crippen MR) is 59.4 cm³/mol. The normalized spacial score (nSPS) is 10.5. The maximum atomic E-state index is 10.9. The molecule has 1 aromatic heterocycles. The number of aromatic nitrogens is 1. The molecular formula is C11H16N2O2. The summed E-state index contributed by atoms with van der Waals surface area (Å²) >= 11 is 0. The molecule has 0 spiro atoms. The van der Waals surface area contributed by atoms with Gasteiger partial charge in [-0.25, -0.2) is 9.78 Å². The number of carboxylic acid groups (broad SMARTS) is 1. The molecule has 15 heavy (non-hydrogen) atoms. The first-order chi connectivity index (χ1) is 6.91. The van der Waals surface area contributed by atoms with Crippen molar-refractivity contribution in [3.05, 3.63) is 22.9 Å². The molecule has 0 aliphatic carbocycles. The monoisotopic (exact) mass is 208 g/mol. The van der Waals surface area contributed by atoms with E-state index in [1.807, 2.05) is 13.8 Å². The van der Waals surface area contributed by atoms with Crippen LogP contribution in [0, 0.1) is 13.8 Å². The summed E-state index contributed by atoms with van der Waals surface area (Å²) in [6.07, 6.45) is 0. The van der Waals surface area contributed by atoms with Crippen molar-refractivity contribution in [3.63, 3.8) is 0 Å². The van der Waals surface area contributed by atoms with Crippen LogP contribution in [0.3, 0.4) is 0 Å². The van der Waals surface area contributed by atoms with E-state index in [1.54, 1.807) is 19.9 Å². The van der Waals surface area contributed by atoms with Crippen molar-refractivity contribution in [2.75, 3.05) is 5.32 Å². The van der Waals surface area contributed by atoms with Gasteiger partial charge < -0.3 is 10.4 Å². The molecular weight excluding hydrogens is 192 g/mol. The molecule has 0 amide bonds. The third-order valence-corrected chi connectivity index (χ3v) is 2.05. The highest BCUT2D eigenvalue weighted by Gasteiger charge is 2.13. The van der Waals surface area contributed by atoms with Crippen molar-refractivity contribution in [2.24, 2.45) is 0 Å². The Balaban J connectivity index is 3.14. The van der Waals surface area contributed by atoms with Crippen LogP contribution < -0.4 is 5.32 Å². The van der Waals surface area contributed by atoms with Gasteiger partial charge in [0.1, 0.15) is 5.82 Å². The summed E-state index contributed by atoms with van der Waals surface area (Å²) in [6, 6.07) is 2.04. The van der Waals surface area contributed by atoms with E-state index in [2.05, 4.69) is 10.3 Å². The largest absolute Gasteiger partial charge is 0.478 e. The first kappa shape index (κ1) is 11.5. The van der Waals surface area contributed by atoms with E-state index in [4.69, 9.17) is 5.11 Å². The Bertz CT molecular complexity index is 363. The Labute approximate surface area is 89.3 Å². The second-order valence-corrected chi connectivity index (χ2v) is 3.89. The summed E-state index contributed by atoms with van der Waals surface area (Å²) in [5.41, 5.74) is 1.58. The summed E-state index contributed by atoms with van der Waals surface area (Å²) in [5.74, 6) is -0.196. The van der Waals surface area contributed by atoms with Crippen LogP contribution in [0.4, 0.5) is 5.82 Å². The topological polar surface area (TPSA) is 62.2 Å². The fourth-order valence-corrected chi connectivity index (χ4v) is 1.52. The standard InChI is InChI=1S/C11H16N2O2/c1-6(2)12-9-5-7(3)10(11(14)15)8(4)13-9/h5-6H,1-4H3,(H,12,13)(H,14,15). The molecule has 1 aromatic rings. The number of nitrogens with zero attached hydrogens (tertiary/aromatic N) is 1. The molecule has 0 aromatic carbocycles. The van der Waals surface area contributed by atoms with Crippen molar-refractivity contribution in [1.29, 1.82) is 0 Å². The van der Waals surface area contributed by atoms with Crippen LogP contribution in [0.2, 0.25) is 0 Å². The Morgan fingerprint density at radius 3 is 2.47 bits per heavy atom. The molecule has 4 heteroatoms. The number of carbonyl (C=O) groups is 1. The van der Waals surface area contributed by atoms with Gasteiger partial charge in [-0.15, -0.1) is 0 Å². The second-order valence-electron chi connectivity index (χ2n) is 3.89. The Morgan fingerprint density at radius 1 is 1.47 bits per heavy atom. The highest BCUT2D eigenvalue weighted by Crippen LogP contribution is 2.16. The Kier molecular flexibility index (Phi) is 3.29. The van der Waals surface area contributed by atoms with Crippen molar-refractivity contribution >= 4 is 11.8 Å². The molecule has 0 aliphatic heterocycles. The molecule has 0 saturated carbocycles. The Hall–Kier alpha value is -1.58. The van der Waals surface area contributed by atoms with E-state index in [-0.39, 0.29) is 6.04 Å². The minimum Gasteiger partial charge on any atom is -0.478 e. The number of hydrogen-bond donors (Lipinski definition) is 2. The molecule has 0 aliphatic rings. The van der Waals surface area contributed by atoms with Crippen LogP contribution in [0.25, 0.3) is 0 Å². The summed E-state index contributed by atoms with van der Waals surface area (Å²) in [7, 11) is 0.